The van der Waals surface area contributed by atoms with Crippen LogP contribution in [0, 0.1) is 0 Å². The van der Waals surface area contributed by atoms with Gasteiger partial charge in [0, 0.05) is 16.8 Å². The lowest BCUT2D eigenvalue weighted by atomic mass is 9.89. The van der Waals surface area contributed by atoms with Crippen LogP contribution >= 0.6 is 0 Å². The van der Waals surface area contributed by atoms with Gasteiger partial charge < -0.3 is 5.73 Å². The van der Waals surface area contributed by atoms with E-state index in [0.29, 0.717) is 11.3 Å². The Balaban J connectivity index is 1.93. The van der Waals surface area contributed by atoms with E-state index in [1.54, 1.807) is 24.3 Å². The van der Waals surface area contributed by atoms with Crippen LogP contribution in [0.5, 0.6) is 0 Å². The fourth-order valence-corrected chi connectivity index (χ4v) is 2.68. The summed E-state index contributed by atoms with van der Waals surface area (Å²) in [5.74, 6) is 0.0772. The van der Waals surface area contributed by atoms with Crippen molar-refractivity contribution < 1.29 is 4.79 Å². The van der Waals surface area contributed by atoms with E-state index in [4.69, 9.17) is 5.73 Å². The molecule has 3 rings (SSSR count). The molecule has 0 unspecified atom stereocenters. The van der Waals surface area contributed by atoms with Crippen molar-refractivity contribution in [2.45, 2.75) is 25.7 Å². The van der Waals surface area contributed by atoms with Crippen LogP contribution < -0.4 is 5.73 Å². The van der Waals surface area contributed by atoms with E-state index in [1.165, 1.54) is 24.0 Å². The average molecular weight is 251 g/mol. The molecule has 0 bridgehead atoms. The number of ketones is 1. The second-order valence-corrected chi connectivity index (χ2v) is 5.14. The lowest BCUT2D eigenvalue weighted by Gasteiger charge is -2.16. The van der Waals surface area contributed by atoms with Gasteiger partial charge in [-0.05, 0) is 67.1 Å². The molecule has 0 amide bonds. The molecule has 2 N–H and O–H groups in total. The Labute approximate surface area is 113 Å². The molecule has 0 spiro atoms. The van der Waals surface area contributed by atoms with Gasteiger partial charge in [-0.25, -0.2) is 0 Å². The first kappa shape index (κ1) is 12.0. The number of fused-ring (bicyclic) bond motifs is 1. The summed E-state index contributed by atoms with van der Waals surface area (Å²) in [7, 11) is 0. The first-order valence-electron chi connectivity index (χ1n) is 6.76. The Morgan fingerprint density at radius 2 is 1.47 bits per heavy atom. The van der Waals surface area contributed by atoms with E-state index in [2.05, 4.69) is 12.1 Å². The number of hydrogen-bond donors (Lipinski definition) is 1. The third-order valence-electron chi connectivity index (χ3n) is 3.78. The van der Waals surface area contributed by atoms with Crippen LogP contribution in [0.2, 0.25) is 0 Å². The molecular formula is C17H17NO. The smallest absolute Gasteiger partial charge is 0.193 e. The van der Waals surface area contributed by atoms with Crippen molar-refractivity contribution in [1.29, 1.82) is 0 Å². The number of benzene rings is 2. The maximum Gasteiger partial charge on any atom is 0.193 e. The van der Waals surface area contributed by atoms with Crippen molar-refractivity contribution in [3.8, 4) is 0 Å². The van der Waals surface area contributed by atoms with Gasteiger partial charge in [-0.15, -0.1) is 0 Å². The van der Waals surface area contributed by atoms with E-state index in [1.807, 2.05) is 6.07 Å². The molecule has 0 fully saturated rings. The second kappa shape index (κ2) is 4.88. The van der Waals surface area contributed by atoms with Crippen LogP contribution in [0.4, 0.5) is 5.69 Å². The van der Waals surface area contributed by atoms with E-state index >= 15 is 0 Å². The fraction of sp³-hybridized carbons (Fsp3) is 0.235. The monoisotopic (exact) mass is 251 g/mol. The molecule has 1 aliphatic rings. The molecule has 2 heteroatoms. The van der Waals surface area contributed by atoms with Crippen molar-refractivity contribution in [3.63, 3.8) is 0 Å². The summed E-state index contributed by atoms with van der Waals surface area (Å²) in [6.45, 7) is 0. The topological polar surface area (TPSA) is 43.1 Å². The average Bonchev–Trinajstić information content (AvgIpc) is 2.47. The highest BCUT2D eigenvalue weighted by Gasteiger charge is 2.14. The van der Waals surface area contributed by atoms with Crippen LogP contribution in [-0.2, 0) is 12.8 Å². The lowest BCUT2D eigenvalue weighted by Crippen LogP contribution is -2.07. The van der Waals surface area contributed by atoms with E-state index in [0.717, 1.165) is 18.4 Å². The Kier molecular flexibility index (Phi) is 3.08. The maximum absolute atomic E-state index is 12.4. The second-order valence-electron chi connectivity index (χ2n) is 5.14. The number of anilines is 1. The van der Waals surface area contributed by atoms with Crippen molar-refractivity contribution in [3.05, 3.63) is 64.7 Å². The first-order valence-corrected chi connectivity index (χ1v) is 6.76. The fourth-order valence-electron chi connectivity index (χ4n) is 2.68. The highest BCUT2D eigenvalue weighted by atomic mass is 16.1. The molecule has 0 atom stereocenters. The SMILES string of the molecule is Nc1ccc(C(=O)c2ccc3c(c2)CCCC3)cc1. The third-order valence-corrected chi connectivity index (χ3v) is 3.78. The summed E-state index contributed by atoms with van der Waals surface area (Å²) < 4.78 is 0. The number of rotatable bonds is 2. The minimum Gasteiger partial charge on any atom is -0.399 e. The highest BCUT2D eigenvalue weighted by molar-refractivity contribution is 6.09. The van der Waals surface area contributed by atoms with Gasteiger partial charge >= 0.3 is 0 Å². The zero-order valence-electron chi connectivity index (χ0n) is 10.9. The molecule has 19 heavy (non-hydrogen) atoms. The Bertz CT molecular complexity index is 614. The number of carbonyl (C=O) groups excluding carboxylic acids is 1. The van der Waals surface area contributed by atoms with Crippen LogP contribution in [0.1, 0.15) is 39.9 Å². The predicted octanol–water partition coefficient (Wildman–Crippen LogP) is 3.38. The van der Waals surface area contributed by atoms with Crippen molar-refractivity contribution in [2.75, 3.05) is 5.73 Å². The van der Waals surface area contributed by atoms with Gasteiger partial charge in [0.05, 0.1) is 0 Å². The normalized spacial score (nSPS) is 13.9. The number of nitrogen functional groups attached to an aromatic ring is 1. The van der Waals surface area contributed by atoms with Gasteiger partial charge in [0.15, 0.2) is 5.78 Å². The molecule has 0 saturated heterocycles. The highest BCUT2D eigenvalue weighted by Crippen LogP contribution is 2.23. The summed E-state index contributed by atoms with van der Waals surface area (Å²) in [4.78, 5) is 12.4. The molecular weight excluding hydrogens is 234 g/mol. The zero-order valence-corrected chi connectivity index (χ0v) is 10.9. The summed E-state index contributed by atoms with van der Waals surface area (Å²) in [5.41, 5.74) is 10.6. The third kappa shape index (κ3) is 2.39. The molecule has 0 aliphatic heterocycles. The molecule has 0 saturated carbocycles. The summed E-state index contributed by atoms with van der Waals surface area (Å²) >= 11 is 0. The van der Waals surface area contributed by atoms with Crippen molar-refractivity contribution in [2.24, 2.45) is 0 Å². The molecule has 2 aromatic rings. The van der Waals surface area contributed by atoms with Gasteiger partial charge in [0.25, 0.3) is 0 Å². The number of carbonyl (C=O) groups is 1. The molecule has 1 aliphatic carbocycles. The van der Waals surface area contributed by atoms with Gasteiger partial charge in [-0.3, -0.25) is 4.79 Å². The Morgan fingerprint density at radius 1 is 0.842 bits per heavy atom. The predicted molar refractivity (Wildman–Crippen MR) is 77.4 cm³/mol. The molecule has 0 radical (unpaired) electrons. The Morgan fingerprint density at radius 3 is 2.21 bits per heavy atom. The van der Waals surface area contributed by atoms with E-state index < -0.39 is 0 Å². The standard InChI is InChI=1S/C17H17NO/c18-16-9-7-13(8-10-16)17(19)15-6-5-12-3-1-2-4-14(12)11-15/h5-11H,1-4,18H2. The summed E-state index contributed by atoms with van der Waals surface area (Å²) in [6, 6.07) is 13.2. The van der Waals surface area contributed by atoms with Gasteiger partial charge in [0.2, 0.25) is 0 Å². The van der Waals surface area contributed by atoms with Gasteiger partial charge in [-0.1, -0.05) is 12.1 Å². The minimum absolute atomic E-state index is 0.0772. The van der Waals surface area contributed by atoms with Crippen molar-refractivity contribution in [1.82, 2.24) is 0 Å². The zero-order chi connectivity index (χ0) is 13.2. The lowest BCUT2D eigenvalue weighted by molar-refractivity contribution is 0.103. The number of hydrogen-bond acceptors (Lipinski definition) is 2. The van der Waals surface area contributed by atoms with E-state index in [9.17, 15) is 4.79 Å². The maximum atomic E-state index is 12.4. The van der Waals surface area contributed by atoms with E-state index in [-0.39, 0.29) is 5.78 Å². The molecule has 0 aromatic heterocycles. The Hall–Kier alpha value is -2.09. The van der Waals surface area contributed by atoms with Gasteiger partial charge in [-0.2, -0.15) is 0 Å². The van der Waals surface area contributed by atoms with Crippen LogP contribution in [0.15, 0.2) is 42.5 Å². The van der Waals surface area contributed by atoms with Crippen molar-refractivity contribution >= 4 is 11.5 Å². The first-order chi connectivity index (χ1) is 9.24. The molecule has 0 heterocycles. The van der Waals surface area contributed by atoms with Crippen LogP contribution in [0.25, 0.3) is 0 Å². The largest absolute Gasteiger partial charge is 0.399 e. The minimum atomic E-state index is 0.0772. The van der Waals surface area contributed by atoms with Crippen LogP contribution in [0.3, 0.4) is 0 Å². The summed E-state index contributed by atoms with van der Waals surface area (Å²) in [6.07, 6.45) is 4.73. The molecule has 2 nitrogen and oxygen atoms in total. The molecule has 2 aromatic carbocycles. The quantitative estimate of drug-likeness (QED) is 0.656. The van der Waals surface area contributed by atoms with Crippen LogP contribution in [-0.4, -0.2) is 5.78 Å². The number of aryl methyl sites for hydroxylation is 2. The molecule has 96 valence electrons. The summed E-state index contributed by atoms with van der Waals surface area (Å²) in [5, 5.41) is 0. The number of nitrogens with two attached hydrogens (primary N) is 1. The van der Waals surface area contributed by atoms with Gasteiger partial charge in [0.1, 0.15) is 0 Å².